The van der Waals surface area contributed by atoms with Gasteiger partial charge in [-0.05, 0) is 18.6 Å². The number of benzene rings is 1. The molecular weight excluding hydrogens is 330 g/mol. The van der Waals surface area contributed by atoms with Gasteiger partial charge < -0.3 is 19.9 Å². The highest BCUT2D eigenvalue weighted by Crippen LogP contribution is 2.17. The molecule has 1 aliphatic heterocycles. The van der Waals surface area contributed by atoms with Crippen LogP contribution in [0.1, 0.15) is 16.9 Å². The van der Waals surface area contributed by atoms with Gasteiger partial charge in [-0.25, -0.2) is 9.97 Å². The van der Waals surface area contributed by atoms with Crippen LogP contribution in [0.3, 0.4) is 0 Å². The van der Waals surface area contributed by atoms with Crippen LogP contribution in [0.25, 0.3) is 0 Å². The molecule has 0 unspecified atom stereocenters. The number of methoxy groups -OCH3 is 1. The quantitative estimate of drug-likeness (QED) is 0.765. The summed E-state index contributed by atoms with van der Waals surface area (Å²) < 4.78 is 5.02. The number of para-hydroxylation sites is 1. The largest absolute Gasteiger partial charge is 0.385 e. The van der Waals surface area contributed by atoms with Crippen LogP contribution in [0.5, 0.6) is 0 Å². The molecule has 2 heterocycles. The second kappa shape index (κ2) is 9.15. The van der Waals surface area contributed by atoms with E-state index in [0.717, 1.165) is 26.1 Å². The molecule has 0 bridgehead atoms. The van der Waals surface area contributed by atoms with E-state index in [4.69, 9.17) is 4.74 Å². The molecule has 7 nitrogen and oxygen atoms in total. The van der Waals surface area contributed by atoms with Crippen molar-refractivity contribution in [2.24, 2.45) is 0 Å². The first-order valence-electron chi connectivity index (χ1n) is 8.92. The number of piperazine rings is 1. The molecule has 0 saturated carbocycles. The molecule has 1 N–H and O–H groups in total. The number of hydrogen-bond acceptors (Lipinski definition) is 6. The monoisotopic (exact) mass is 355 g/mol. The number of ether oxygens (including phenoxy) is 1. The van der Waals surface area contributed by atoms with Gasteiger partial charge in [-0.1, -0.05) is 18.2 Å². The summed E-state index contributed by atoms with van der Waals surface area (Å²) in [5, 5.41) is 3.20. The van der Waals surface area contributed by atoms with E-state index in [1.54, 1.807) is 13.2 Å². The predicted molar refractivity (Wildman–Crippen MR) is 102 cm³/mol. The fourth-order valence-corrected chi connectivity index (χ4v) is 2.97. The van der Waals surface area contributed by atoms with Crippen molar-refractivity contribution in [3.63, 3.8) is 0 Å². The zero-order chi connectivity index (χ0) is 18.2. The lowest BCUT2D eigenvalue weighted by molar-refractivity contribution is 0.0740. The van der Waals surface area contributed by atoms with E-state index in [2.05, 4.69) is 32.3 Å². The van der Waals surface area contributed by atoms with Crippen molar-refractivity contribution in [1.29, 1.82) is 0 Å². The van der Waals surface area contributed by atoms with E-state index in [-0.39, 0.29) is 5.91 Å². The molecule has 2 aromatic rings. The zero-order valence-electron chi connectivity index (χ0n) is 15.1. The van der Waals surface area contributed by atoms with Crippen LogP contribution < -0.4 is 10.2 Å². The number of anilines is 2. The molecule has 7 heteroatoms. The molecule has 0 radical (unpaired) electrons. The van der Waals surface area contributed by atoms with Crippen molar-refractivity contribution in [1.82, 2.24) is 14.9 Å². The van der Waals surface area contributed by atoms with Crippen LogP contribution in [-0.4, -0.2) is 67.2 Å². The Morgan fingerprint density at radius 3 is 2.65 bits per heavy atom. The lowest BCUT2D eigenvalue weighted by Crippen LogP contribution is -2.49. The molecule has 138 valence electrons. The van der Waals surface area contributed by atoms with Gasteiger partial charge in [0, 0.05) is 58.2 Å². The third kappa shape index (κ3) is 4.70. The second-order valence-corrected chi connectivity index (χ2v) is 6.18. The first-order chi connectivity index (χ1) is 12.8. The van der Waals surface area contributed by atoms with Gasteiger partial charge in [0.1, 0.15) is 17.8 Å². The lowest BCUT2D eigenvalue weighted by Gasteiger charge is -2.36. The summed E-state index contributed by atoms with van der Waals surface area (Å²) in [4.78, 5) is 25.2. The Kier molecular flexibility index (Phi) is 6.38. The Hall–Kier alpha value is -2.67. The molecule has 0 spiro atoms. The highest BCUT2D eigenvalue weighted by atomic mass is 16.5. The number of aromatic nitrogens is 2. The molecule has 1 aromatic heterocycles. The van der Waals surface area contributed by atoms with Crippen LogP contribution in [0.4, 0.5) is 11.5 Å². The van der Waals surface area contributed by atoms with Crippen LogP contribution in [0, 0.1) is 0 Å². The van der Waals surface area contributed by atoms with E-state index in [1.165, 1.54) is 12.0 Å². The number of hydrogen-bond donors (Lipinski definition) is 1. The Morgan fingerprint density at radius 1 is 1.15 bits per heavy atom. The first-order valence-corrected chi connectivity index (χ1v) is 8.92. The minimum Gasteiger partial charge on any atom is -0.385 e. The molecule has 1 saturated heterocycles. The minimum atomic E-state index is -0.0416. The van der Waals surface area contributed by atoms with Gasteiger partial charge in [0.2, 0.25) is 0 Å². The van der Waals surface area contributed by atoms with E-state index < -0.39 is 0 Å². The molecule has 0 aliphatic carbocycles. The fourth-order valence-electron chi connectivity index (χ4n) is 2.97. The van der Waals surface area contributed by atoms with Crippen LogP contribution in [-0.2, 0) is 4.74 Å². The van der Waals surface area contributed by atoms with Crippen LogP contribution in [0.2, 0.25) is 0 Å². The molecule has 1 fully saturated rings. The molecule has 26 heavy (non-hydrogen) atoms. The first kappa shape index (κ1) is 18.1. The smallest absolute Gasteiger partial charge is 0.272 e. The zero-order valence-corrected chi connectivity index (χ0v) is 15.1. The maximum Gasteiger partial charge on any atom is 0.272 e. The van der Waals surface area contributed by atoms with Crippen LogP contribution in [0.15, 0.2) is 42.7 Å². The SMILES string of the molecule is COCCCNc1cc(C(=O)N2CCN(c3ccccc3)CC2)ncn1. The van der Waals surface area contributed by atoms with Gasteiger partial charge in [0.15, 0.2) is 0 Å². The molecular formula is C19H25N5O2. The average molecular weight is 355 g/mol. The summed E-state index contributed by atoms with van der Waals surface area (Å²) in [5.41, 5.74) is 1.63. The van der Waals surface area contributed by atoms with Crippen molar-refractivity contribution < 1.29 is 9.53 Å². The van der Waals surface area contributed by atoms with E-state index in [0.29, 0.717) is 31.2 Å². The van der Waals surface area contributed by atoms with Gasteiger partial charge in [-0.2, -0.15) is 0 Å². The minimum absolute atomic E-state index is 0.0416. The molecule has 1 amide bonds. The van der Waals surface area contributed by atoms with Gasteiger partial charge in [-0.15, -0.1) is 0 Å². The molecule has 1 aromatic carbocycles. The maximum absolute atomic E-state index is 12.7. The lowest BCUT2D eigenvalue weighted by atomic mass is 10.2. The highest BCUT2D eigenvalue weighted by molar-refractivity contribution is 5.93. The summed E-state index contributed by atoms with van der Waals surface area (Å²) in [6, 6.07) is 12.0. The standard InChI is InChI=1S/C19H25N5O2/c1-26-13-5-8-20-18-14-17(21-15-22-18)19(25)24-11-9-23(10-12-24)16-6-3-2-4-7-16/h2-4,6-7,14-15H,5,8-13H2,1H3,(H,20,21,22). The van der Waals surface area contributed by atoms with Crippen molar-refractivity contribution in [3.05, 3.63) is 48.4 Å². The number of carbonyl (C=O) groups is 1. The highest BCUT2D eigenvalue weighted by Gasteiger charge is 2.23. The normalized spacial score (nSPS) is 14.3. The fraction of sp³-hybridized carbons (Fsp3) is 0.421. The topological polar surface area (TPSA) is 70.6 Å². The summed E-state index contributed by atoms with van der Waals surface area (Å²) in [6.07, 6.45) is 2.32. The van der Waals surface area contributed by atoms with Crippen molar-refractivity contribution in [3.8, 4) is 0 Å². The van der Waals surface area contributed by atoms with Crippen molar-refractivity contribution in [2.45, 2.75) is 6.42 Å². The van der Waals surface area contributed by atoms with Gasteiger partial charge >= 0.3 is 0 Å². The maximum atomic E-state index is 12.7. The number of amides is 1. The van der Waals surface area contributed by atoms with E-state index in [1.807, 2.05) is 23.1 Å². The van der Waals surface area contributed by atoms with Crippen molar-refractivity contribution in [2.75, 3.05) is 56.7 Å². The predicted octanol–water partition coefficient (Wildman–Crippen LogP) is 1.89. The number of nitrogens with zero attached hydrogens (tertiary/aromatic N) is 4. The number of carbonyl (C=O) groups excluding carboxylic acids is 1. The average Bonchev–Trinajstić information content (AvgIpc) is 2.72. The second-order valence-electron chi connectivity index (χ2n) is 6.18. The summed E-state index contributed by atoms with van der Waals surface area (Å²) in [5.74, 6) is 0.627. The van der Waals surface area contributed by atoms with Crippen molar-refractivity contribution >= 4 is 17.4 Å². The number of rotatable bonds is 7. The summed E-state index contributed by atoms with van der Waals surface area (Å²) >= 11 is 0. The Morgan fingerprint density at radius 2 is 1.92 bits per heavy atom. The third-order valence-corrected chi connectivity index (χ3v) is 4.41. The summed E-state index contributed by atoms with van der Waals surface area (Å²) in [6.45, 7) is 4.46. The molecule has 3 rings (SSSR count). The summed E-state index contributed by atoms with van der Waals surface area (Å²) in [7, 11) is 1.68. The molecule has 0 atom stereocenters. The third-order valence-electron chi connectivity index (χ3n) is 4.41. The van der Waals surface area contributed by atoms with Gasteiger partial charge in [0.05, 0.1) is 0 Å². The van der Waals surface area contributed by atoms with Crippen LogP contribution >= 0.6 is 0 Å². The Labute approximate surface area is 154 Å². The molecule has 1 aliphatic rings. The Balaban J connectivity index is 1.55. The Bertz CT molecular complexity index is 702. The van der Waals surface area contributed by atoms with Gasteiger partial charge in [-0.3, -0.25) is 4.79 Å². The number of nitrogens with one attached hydrogen (secondary N) is 1. The van der Waals surface area contributed by atoms with E-state index >= 15 is 0 Å². The van der Waals surface area contributed by atoms with Gasteiger partial charge in [0.25, 0.3) is 5.91 Å². The van der Waals surface area contributed by atoms with E-state index in [9.17, 15) is 4.79 Å².